The van der Waals surface area contributed by atoms with Crippen LogP contribution in [0.15, 0.2) is 0 Å². The number of rotatable bonds is 5. The van der Waals surface area contributed by atoms with Crippen molar-refractivity contribution in [3.63, 3.8) is 0 Å². The van der Waals surface area contributed by atoms with Crippen molar-refractivity contribution in [3.05, 3.63) is 0 Å². The van der Waals surface area contributed by atoms with E-state index < -0.39 is 0 Å². The van der Waals surface area contributed by atoms with Crippen LogP contribution in [0.1, 0.15) is 38.5 Å². The smallest absolute Gasteiger partial charge is 0.226 e. The largest absolute Gasteiger partial charge is 0.378 e. The minimum atomic E-state index is 0.342. The molecule has 0 radical (unpaired) electrons. The van der Waals surface area contributed by atoms with Gasteiger partial charge in [-0.15, -0.1) is 0 Å². The van der Waals surface area contributed by atoms with Crippen LogP contribution in [0.2, 0.25) is 0 Å². The first kappa shape index (κ1) is 13.4. The van der Waals surface area contributed by atoms with E-state index in [-0.39, 0.29) is 0 Å². The highest BCUT2D eigenvalue weighted by atomic mass is 16.5. The van der Waals surface area contributed by atoms with Crippen LogP contribution in [-0.2, 0) is 9.53 Å². The SMILES string of the molecule is NCCCOC1CCN(C(=O)C2[C@H]3CCC[C@@H]23)CC1. The predicted octanol–water partition coefficient (Wildman–Crippen LogP) is 1.39. The minimum Gasteiger partial charge on any atom is -0.378 e. The maximum atomic E-state index is 12.4. The van der Waals surface area contributed by atoms with Gasteiger partial charge in [-0.3, -0.25) is 4.79 Å². The van der Waals surface area contributed by atoms with Crippen molar-refractivity contribution in [2.75, 3.05) is 26.2 Å². The van der Waals surface area contributed by atoms with Crippen LogP contribution in [0.25, 0.3) is 0 Å². The van der Waals surface area contributed by atoms with Gasteiger partial charge in [-0.2, -0.15) is 0 Å². The van der Waals surface area contributed by atoms with Gasteiger partial charge < -0.3 is 15.4 Å². The number of nitrogens with zero attached hydrogens (tertiary/aromatic N) is 1. The third-order valence-electron chi connectivity index (χ3n) is 5.15. The van der Waals surface area contributed by atoms with Gasteiger partial charge in [0.05, 0.1) is 6.10 Å². The van der Waals surface area contributed by atoms with Crippen LogP contribution in [-0.4, -0.2) is 43.2 Å². The third kappa shape index (κ3) is 2.79. The molecule has 1 unspecified atom stereocenters. The Morgan fingerprint density at radius 2 is 1.84 bits per heavy atom. The highest BCUT2D eigenvalue weighted by Crippen LogP contribution is 2.58. The Morgan fingerprint density at radius 1 is 1.16 bits per heavy atom. The molecule has 1 saturated heterocycles. The average Bonchev–Trinajstić information content (AvgIpc) is 2.91. The van der Waals surface area contributed by atoms with Crippen molar-refractivity contribution in [2.24, 2.45) is 23.5 Å². The highest BCUT2D eigenvalue weighted by Gasteiger charge is 2.57. The second kappa shape index (κ2) is 5.80. The summed E-state index contributed by atoms with van der Waals surface area (Å²) in [6.45, 7) is 3.24. The second-order valence-electron chi connectivity index (χ2n) is 6.32. The first-order valence-corrected chi connectivity index (χ1v) is 7.91. The monoisotopic (exact) mass is 266 g/mol. The van der Waals surface area contributed by atoms with Crippen LogP contribution in [0, 0.1) is 17.8 Å². The minimum absolute atomic E-state index is 0.342. The molecule has 4 heteroatoms. The van der Waals surface area contributed by atoms with E-state index in [1.54, 1.807) is 0 Å². The van der Waals surface area contributed by atoms with E-state index in [1.165, 1.54) is 19.3 Å². The highest BCUT2D eigenvalue weighted by molar-refractivity contribution is 5.82. The van der Waals surface area contributed by atoms with Crippen molar-refractivity contribution in [1.82, 2.24) is 4.90 Å². The number of carbonyl (C=O) groups is 1. The fraction of sp³-hybridized carbons (Fsp3) is 0.933. The zero-order valence-electron chi connectivity index (χ0n) is 11.7. The number of piperidine rings is 1. The van der Waals surface area contributed by atoms with Gasteiger partial charge in [0.15, 0.2) is 0 Å². The molecule has 3 atom stereocenters. The van der Waals surface area contributed by atoms with E-state index in [4.69, 9.17) is 10.5 Å². The Hall–Kier alpha value is -0.610. The molecule has 3 rings (SSSR count). The Kier molecular flexibility index (Phi) is 4.08. The number of fused-ring (bicyclic) bond motifs is 1. The van der Waals surface area contributed by atoms with Crippen LogP contribution < -0.4 is 5.73 Å². The van der Waals surface area contributed by atoms with Gasteiger partial charge in [-0.25, -0.2) is 0 Å². The summed E-state index contributed by atoms with van der Waals surface area (Å²) in [4.78, 5) is 14.5. The topological polar surface area (TPSA) is 55.6 Å². The van der Waals surface area contributed by atoms with Gasteiger partial charge in [-0.05, 0) is 50.5 Å². The van der Waals surface area contributed by atoms with Crippen molar-refractivity contribution in [1.29, 1.82) is 0 Å². The summed E-state index contributed by atoms with van der Waals surface area (Å²) in [6.07, 6.45) is 7.20. The van der Waals surface area contributed by atoms with E-state index in [9.17, 15) is 4.79 Å². The molecule has 0 aromatic heterocycles. The van der Waals surface area contributed by atoms with Crippen LogP contribution in [0.5, 0.6) is 0 Å². The van der Waals surface area contributed by atoms with E-state index >= 15 is 0 Å². The number of likely N-dealkylation sites (tertiary alicyclic amines) is 1. The number of ether oxygens (including phenoxy) is 1. The van der Waals surface area contributed by atoms with Gasteiger partial charge in [0, 0.05) is 25.6 Å². The lowest BCUT2D eigenvalue weighted by atomic mass is 10.1. The molecular formula is C15H26N2O2. The van der Waals surface area contributed by atoms with Crippen LogP contribution in [0.3, 0.4) is 0 Å². The molecule has 0 spiro atoms. The maximum absolute atomic E-state index is 12.4. The molecule has 108 valence electrons. The molecule has 2 aliphatic carbocycles. The average molecular weight is 266 g/mol. The summed E-state index contributed by atoms with van der Waals surface area (Å²) in [6, 6.07) is 0. The molecule has 0 aromatic carbocycles. The number of hydrogen-bond donors (Lipinski definition) is 1. The van der Waals surface area contributed by atoms with E-state index in [1.807, 2.05) is 0 Å². The quantitative estimate of drug-likeness (QED) is 0.765. The summed E-state index contributed by atoms with van der Waals surface area (Å²) in [7, 11) is 0. The molecule has 0 bridgehead atoms. The molecule has 1 amide bonds. The second-order valence-corrected chi connectivity index (χ2v) is 6.32. The zero-order valence-corrected chi connectivity index (χ0v) is 11.7. The molecule has 3 aliphatic rings. The van der Waals surface area contributed by atoms with Gasteiger partial charge >= 0.3 is 0 Å². The third-order valence-corrected chi connectivity index (χ3v) is 5.15. The summed E-state index contributed by atoms with van der Waals surface area (Å²) < 4.78 is 5.78. The first-order chi connectivity index (χ1) is 9.31. The fourth-order valence-electron chi connectivity index (χ4n) is 3.97. The van der Waals surface area contributed by atoms with Gasteiger partial charge in [0.25, 0.3) is 0 Å². The lowest BCUT2D eigenvalue weighted by Gasteiger charge is -2.32. The standard InChI is InChI=1S/C15H26N2O2/c16-7-2-10-19-11-5-8-17(9-6-11)15(18)14-12-3-1-4-13(12)14/h11-14H,1-10,16H2/t12-,13+,14?. The summed E-state index contributed by atoms with van der Waals surface area (Å²) in [5.74, 6) is 2.32. The van der Waals surface area contributed by atoms with Crippen LogP contribution in [0.4, 0.5) is 0 Å². The Morgan fingerprint density at radius 3 is 2.47 bits per heavy atom. The predicted molar refractivity (Wildman–Crippen MR) is 73.5 cm³/mol. The van der Waals surface area contributed by atoms with E-state index in [2.05, 4.69) is 4.90 Å². The zero-order chi connectivity index (χ0) is 13.2. The summed E-state index contributed by atoms with van der Waals surface area (Å²) in [5, 5.41) is 0. The van der Waals surface area contributed by atoms with Crippen molar-refractivity contribution < 1.29 is 9.53 Å². The number of carbonyl (C=O) groups excluding carboxylic acids is 1. The van der Waals surface area contributed by atoms with Gasteiger partial charge in [-0.1, -0.05) is 6.42 Å². The molecule has 4 nitrogen and oxygen atoms in total. The number of nitrogens with two attached hydrogens (primary N) is 1. The molecule has 0 aromatic rings. The molecule has 19 heavy (non-hydrogen) atoms. The van der Waals surface area contributed by atoms with Crippen molar-refractivity contribution >= 4 is 5.91 Å². The normalized spacial score (nSPS) is 34.4. The van der Waals surface area contributed by atoms with Crippen molar-refractivity contribution in [2.45, 2.75) is 44.6 Å². The number of hydrogen-bond acceptors (Lipinski definition) is 3. The Bertz CT molecular complexity index is 316. The molecule has 2 saturated carbocycles. The first-order valence-electron chi connectivity index (χ1n) is 7.91. The molecule has 3 fully saturated rings. The summed E-state index contributed by atoms with van der Waals surface area (Å²) >= 11 is 0. The van der Waals surface area contributed by atoms with Gasteiger partial charge in [0.2, 0.25) is 5.91 Å². The lowest BCUT2D eigenvalue weighted by Crippen LogP contribution is -2.42. The Balaban J connectivity index is 1.39. The fourth-order valence-corrected chi connectivity index (χ4v) is 3.97. The van der Waals surface area contributed by atoms with E-state index in [0.29, 0.717) is 24.5 Å². The molecular weight excluding hydrogens is 240 g/mol. The Labute approximate surface area is 115 Å². The molecule has 2 N–H and O–H groups in total. The number of amides is 1. The molecule has 1 heterocycles. The lowest BCUT2D eigenvalue weighted by molar-refractivity contribution is -0.136. The maximum Gasteiger partial charge on any atom is 0.226 e. The van der Waals surface area contributed by atoms with Crippen molar-refractivity contribution in [3.8, 4) is 0 Å². The van der Waals surface area contributed by atoms with E-state index in [0.717, 1.165) is 50.8 Å². The molecule has 1 aliphatic heterocycles. The summed E-state index contributed by atoms with van der Waals surface area (Å²) in [5.41, 5.74) is 5.46. The van der Waals surface area contributed by atoms with Gasteiger partial charge in [0.1, 0.15) is 0 Å². The van der Waals surface area contributed by atoms with Crippen LogP contribution >= 0.6 is 0 Å².